The van der Waals surface area contributed by atoms with E-state index in [1.54, 1.807) is 6.07 Å². The van der Waals surface area contributed by atoms with E-state index in [4.69, 9.17) is 9.15 Å². The summed E-state index contributed by atoms with van der Waals surface area (Å²) >= 11 is 0. The fourth-order valence-corrected chi connectivity index (χ4v) is 1.37. The minimum absolute atomic E-state index is 0.315. The van der Waals surface area contributed by atoms with Gasteiger partial charge >= 0.3 is 0 Å². The highest BCUT2D eigenvalue weighted by Gasteiger charge is 2.08. The zero-order chi connectivity index (χ0) is 9.42. The Balaban J connectivity index is 2.80. The molecule has 0 saturated carbocycles. The Morgan fingerprint density at radius 2 is 2.08 bits per heavy atom. The molecule has 1 aromatic heterocycles. The van der Waals surface area contributed by atoms with Crippen LogP contribution >= 0.6 is 0 Å². The Morgan fingerprint density at radius 1 is 1.31 bits per heavy atom. The number of halogens is 1. The van der Waals surface area contributed by atoms with Gasteiger partial charge in [0, 0.05) is 11.5 Å². The van der Waals surface area contributed by atoms with Crippen molar-refractivity contribution < 1.29 is 13.5 Å². The highest BCUT2D eigenvalue weighted by atomic mass is 19.1. The van der Waals surface area contributed by atoms with Crippen LogP contribution in [0.4, 0.5) is 4.39 Å². The summed E-state index contributed by atoms with van der Waals surface area (Å²) in [4.78, 5) is 0. The van der Waals surface area contributed by atoms with Gasteiger partial charge in [-0.15, -0.1) is 0 Å². The van der Waals surface area contributed by atoms with Gasteiger partial charge in [-0.3, -0.25) is 0 Å². The largest absolute Gasteiger partial charge is 0.493 e. The summed E-state index contributed by atoms with van der Waals surface area (Å²) in [5.74, 6) is 0.868. The summed E-state index contributed by atoms with van der Waals surface area (Å²) in [5.41, 5.74) is 0.599. The van der Waals surface area contributed by atoms with E-state index in [9.17, 15) is 4.39 Å². The van der Waals surface area contributed by atoms with Crippen molar-refractivity contribution >= 4 is 11.0 Å². The molecule has 0 aliphatic heterocycles. The summed E-state index contributed by atoms with van der Waals surface area (Å²) in [5, 5.41) is 0.731. The summed E-state index contributed by atoms with van der Waals surface area (Å²) in [6.45, 7) is 1.82. The molecule has 0 saturated heterocycles. The molecule has 0 atom stereocenters. The van der Waals surface area contributed by atoms with Crippen molar-refractivity contribution in [3.8, 4) is 5.75 Å². The summed E-state index contributed by atoms with van der Waals surface area (Å²) in [6.07, 6.45) is 0. The van der Waals surface area contributed by atoms with Crippen LogP contribution in [0.25, 0.3) is 11.0 Å². The summed E-state index contributed by atoms with van der Waals surface area (Å²) in [6, 6.07) is 4.51. The standard InChI is InChI=1S/C10H9FO2/c1-6-3-7-4-8(11)5-9(12-2)10(7)13-6/h3-5H,1-2H3. The Hall–Kier alpha value is -1.51. The Labute approximate surface area is 74.9 Å². The molecular formula is C10H9FO2. The van der Waals surface area contributed by atoms with E-state index in [1.165, 1.54) is 19.2 Å². The number of furan rings is 1. The van der Waals surface area contributed by atoms with Crippen LogP contribution in [-0.2, 0) is 0 Å². The van der Waals surface area contributed by atoms with Crippen molar-refractivity contribution in [2.75, 3.05) is 7.11 Å². The fourth-order valence-electron chi connectivity index (χ4n) is 1.37. The number of ether oxygens (including phenoxy) is 1. The maximum Gasteiger partial charge on any atom is 0.176 e. The zero-order valence-corrected chi connectivity index (χ0v) is 7.43. The first-order chi connectivity index (χ1) is 6.20. The van der Waals surface area contributed by atoms with E-state index >= 15 is 0 Å². The first-order valence-electron chi connectivity index (χ1n) is 3.94. The van der Waals surface area contributed by atoms with Crippen molar-refractivity contribution in [2.24, 2.45) is 0 Å². The lowest BCUT2D eigenvalue weighted by Gasteiger charge is -1.99. The SMILES string of the molecule is COc1cc(F)cc2cc(C)oc12. The Morgan fingerprint density at radius 3 is 2.77 bits per heavy atom. The molecule has 0 bridgehead atoms. The van der Waals surface area contributed by atoms with Gasteiger partial charge in [0.05, 0.1) is 7.11 Å². The third-order valence-electron chi connectivity index (χ3n) is 1.89. The fraction of sp³-hybridized carbons (Fsp3) is 0.200. The van der Waals surface area contributed by atoms with Crippen LogP contribution in [0.5, 0.6) is 5.75 Å². The van der Waals surface area contributed by atoms with Crippen LogP contribution in [0, 0.1) is 12.7 Å². The first kappa shape index (κ1) is 8.10. The van der Waals surface area contributed by atoms with Crippen molar-refractivity contribution in [3.05, 3.63) is 29.8 Å². The van der Waals surface area contributed by atoms with E-state index < -0.39 is 0 Å². The number of benzene rings is 1. The summed E-state index contributed by atoms with van der Waals surface area (Å²) in [7, 11) is 1.49. The molecule has 2 rings (SSSR count). The molecule has 2 aromatic rings. The van der Waals surface area contributed by atoms with Crippen molar-refractivity contribution in [3.63, 3.8) is 0 Å². The average Bonchev–Trinajstić information content (AvgIpc) is 2.43. The summed E-state index contributed by atoms with van der Waals surface area (Å²) < 4.78 is 23.3. The second kappa shape index (κ2) is 2.76. The quantitative estimate of drug-likeness (QED) is 0.673. The van der Waals surface area contributed by atoms with Gasteiger partial charge in [-0.1, -0.05) is 0 Å². The van der Waals surface area contributed by atoms with Crippen LogP contribution < -0.4 is 4.74 Å². The number of methoxy groups -OCH3 is 1. The highest BCUT2D eigenvalue weighted by molar-refractivity contribution is 5.83. The van der Waals surface area contributed by atoms with Crippen LogP contribution in [0.2, 0.25) is 0 Å². The van der Waals surface area contributed by atoms with Gasteiger partial charge in [-0.25, -0.2) is 4.39 Å². The van der Waals surface area contributed by atoms with Gasteiger partial charge in [-0.2, -0.15) is 0 Å². The molecule has 1 aromatic carbocycles. The molecule has 0 aliphatic carbocycles. The lowest BCUT2D eigenvalue weighted by atomic mass is 10.2. The number of fused-ring (bicyclic) bond motifs is 1. The van der Waals surface area contributed by atoms with E-state index in [0.29, 0.717) is 11.3 Å². The molecule has 3 heteroatoms. The Kier molecular flexibility index (Phi) is 1.72. The van der Waals surface area contributed by atoms with Crippen LogP contribution in [0.3, 0.4) is 0 Å². The van der Waals surface area contributed by atoms with Crippen LogP contribution in [-0.4, -0.2) is 7.11 Å². The van der Waals surface area contributed by atoms with Gasteiger partial charge in [-0.05, 0) is 19.1 Å². The van der Waals surface area contributed by atoms with Crippen LogP contribution in [0.1, 0.15) is 5.76 Å². The molecule has 0 unspecified atom stereocenters. The molecule has 1 heterocycles. The van der Waals surface area contributed by atoms with Crippen molar-refractivity contribution in [1.82, 2.24) is 0 Å². The lowest BCUT2D eigenvalue weighted by molar-refractivity contribution is 0.405. The van der Waals surface area contributed by atoms with Gasteiger partial charge in [0.15, 0.2) is 11.3 Å². The van der Waals surface area contributed by atoms with Gasteiger partial charge in [0.2, 0.25) is 0 Å². The number of hydrogen-bond acceptors (Lipinski definition) is 2. The third kappa shape index (κ3) is 1.26. The van der Waals surface area contributed by atoms with Gasteiger partial charge < -0.3 is 9.15 Å². The average molecular weight is 180 g/mol. The van der Waals surface area contributed by atoms with E-state index in [2.05, 4.69) is 0 Å². The molecule has 0 amide bonds. The smallest absolute Gasteiger partial charge is 0.176 e. The molecule has 0 fully saturated rings. The van der Waals surface area contributed by atoms with Gasteiger partial charge in [0.1, 0.15) is 11.6 Å². The second-order valence-corrected chi connectivity index (χ2v) is 2.88. The highest BCUT2D eigenvalue weighted by Crippen LogP contribution is 2.29. The van der Waals surface area contributed by atoms with Gasteiger partial charge in [0.25, 0.3) is 0 Å². The normalized spacial score (nSPS) is 10.7. The third-order valence-corrected chi connectivity index (χ3v) is 1.89. The molecular weight excluding hydrogens is 171 g/mol. The first-order valence-corrected chi connectivity index (χ1v) is 3.94. The molecule has 0 spiro atoms. The lowest BCUT2D eigenvalue weighted by Crippen LogP contribution is -1.84. The second-order valence-electron chi connectivity index (χ2n) is 2.88. The topological polar surface area (TPSA) is 22.4 Å². The minimum atomic E-state index is -0.315. The van der Waals surface area contributed by atoms with E-state index in [-0.39, 0.29) is 5.82 Å². The zero-order valence-electron chi connectivity index (χ0n) is 7.43. The molecule has 0 N–H and O–H groups in total. The van der Waals surface area contributed by atoms with Crippen LogP contribution in [0.15, 0.2) is 22.6 Å². The predicted molar refractivity (Wildman–Crippen MR) is 47.5 cm³/mol. The monoisotopic (exact) mass is 180 g/mol. The number of hydrogen-bond donors (Lipinski definition) is 0. The van der Waals surface area contributed by atoms with E-state index in [1.807, 2.05) is 6.92 Å². The van der Waals surface area contributed by atoms with E-state index in [0.717, 1.165) is 11.1 Å². The number of aryl methyl sites for hydroxylation is 1. The van der Waals surface area contributed by atoms with Crippen molar-refractivity contribution in [1.29, 1.82) is 0 Å². The predicted octanol–water partition coefficient (Wildman–Crippen LogP) is 2.89. The maximum atomic E-state index is 13.0. The molecule has 68 valence electrons. The molecule has 0 aliphatic rings. The number of rotatable bonds is 1. The molecule has 13 heavy (non-hydrogen) atoms. The molecule has 2 nitrogen and oxygen atoms in total. The minimum Gasteiger partial charge on any atom is -0.493 e. The maximum absolute atomic E-state index is 13.0. The van der Waals surface area contributed by atoms with Crippen molar-refractivity contribution in [2.45, 2.75) is 6.92 Å². The molecule has 0 radical (unpaired) electrons. The Bertz CT molecular complexity index is 445.